The van der Waals surface area contributed by atoms with Crippen LogP contribution in [0.1, 0.15) is 27.7 Å². The van der Waals surface area contributed by atoms with Crippen molar-refractivity contribution in [3.05, 3.63) is 33.1 Å². The molecule has 13 heavy (non-hydrogen) atoms. The van der Waals surface area contributed by atoms with Crippen LogP contribution < -0.4 is 16.0 Å². The van der Waals surface area contributed by atoms with Crippen molar-refractivity contribution in [3.63, 3.8) is 0 Å². The van der Waals surface area contributed by atoms with Gasteiger partial charge in [0.25, 0.3) is 5.56 Å². The highest BCUT2D eigenvalue weighted by molar-refractivity contribution is 5.26. The van der Waals surface area contributed by atoms with E-state index in [9.17, 15) is 4.79 Å². The van der Waals surface area contributed by atoms with Gasteiger partial charge in [-0.05, 0) is 25.1 Å². The molecule has 0 radical (unpaired) electrons. The molecule has 0 spiro atoms. The van der Waals surface area contributed by atoms with Crippen LogP contribution >= 0.6 is 0 Å². The van der Waals surface area contributed by atoms with Crippen molar-refractivity contribution in [3.8, 4) is 0 Å². The maximum absolute atomic E-state index is 11.1. The van der Waals surface area contributed by atoms with Crippen molar-refractivity contribution >= 4 is 12.2 Å². The van der Waals surface area contributed by atoms with Crippen molar-refractivity contribution in [1.82, 2.24) is 4.98 Å². The summed E-state index contributed by atoms with van der Waals surface area (Å²) < 4.78 is 0. The monoisotopic (exact) mass is 179 g/mol. The van der Waals surface area contributed by atoms with Crippen molar-refractivity contribution in [1.29, 1.82) is 0 Å². The second-order valence-corrected chi connectivity index (χ2v) is 2.25. The maximum Gasteiger partial charge on any atom is 0.255 e. The predicted octanol–water partition coefficient (Wildman–Crippen LogP) is 1.00. The van der Waals surface area contributed by atoms with Crippen molar-refractivity contribution < 1.29 is 0 Å². The molecule has 1 aromatic heterocycles. The summed E-state index contributed by atoms with van der Waals surface area (Å²) in [4.78, 5) is 13.7. The van der Waals surface area contributed by atoms with Gasteiger partial charge in [-0.1, -0.05) is 26.0 Å². The Balaban J connectivity index is 0.000000671. The van der Waals surface area contributed by atoms with Gasteiger partial charge in [-0.2, -0.15) is 0 Å². The lowest BCUT2D eigenvalue weighted by Crippen LogP contribution is -2.39. The molecule has 1 rings (SSSR count). The summed E-state index contributed by atoms with van der Waals surface area (Å²) in [7, 11) is 0. The zero-order valence-electron chi connectivity index (χ0n) is 8.72. The van der Waals surface area contributed by atoms with Gasteiger partial charge in [-0.3, -0.25) is 4.79 Å². The van der Waals surface area contributed by atoms with E-state index in [0.717, 1.165) is 10.4 Å². The topological polar surface area (TPSA) is 32.9 Å². The van der Waals surface area contributed by atoms with Gasteiger partial charge < -0.3 is 4.98 Å². The summed E-state index contributed by atoms with van der Waals surface area (Å²) in [5, 5.41) is 1.73. The molecule has 0 bridgehead atoms. The summed E-state index contributed by atoms with van der Waals surface area (Å²) >= 11 is 0. The molecule has 0 saturated heterocycles. The second kappa shape index (κ2) is 6.23. The molecule has 1 aromatic rings. The van der Waals surface area contributed by atoms with Gasteiger partial charge >= 0.3 is 0 Å². The van der Waals surface area contributed by atoms with Crippen molar-refractivity contribution in [2.75, 3.05) is 0 Å². The van der Waals surface area contributed by atoms with Crippen LogP contribution in [0.15, 0.2) is 17.1 Å². The molecule has 0 aliphatic carbocycles. The van der Waals surface area contributed by atoms with Gasteiger partial charge in [0.1, 0.15) is 0 Å². The molecule has 0 aliphatic rings. The van der Waals surface area contributed by atoms with Crippen LogP contribution in [-0.4, -0.2) is 4.98 Å². The number of aromatic nitrogens is 1. The third kappa shape index (κ3) is 2.90. The highest BCUT2D eigenvalue weighted by Gasteiger charge is 1.86. The predicted molar refractivity (Wildman–Crippen MR) is 57.9 cm³/mol. The van der Waals surface area contributed by atoms with E-state index in [1.54, 1.807) is 6.20 Å². The van der Waals surface area contributed by atoms with Gasteiger partial charge in [0, 0.05) is 11.4 Å². The Bertz CT molecular complexity index is 401. The van der Waals surface area contributed by atoms with E-state index < -0.39 is 0 Å². The maximum atomic E-state index is 11.1. The number of rotatable bonds is 0. The van der Waals surface area contributed by atoms with E-state index in [1.807, 2.05) is 45.9 Å². The fourth-order valence-corrected chi connectivity index (χ4v) is 1.06. The van der Waals surface area contributed by atoms with Crippen molar-refractivity contribution in [2.24, 2.45) is 0 Å². The fraction of sp³-hybridized carbons (Fsp3) is 0.364. The number of hydrogen-bond acceptors (Lipinski definition) is 1. The van der Waals surface area contributed by atoms with E-state index in [4.69, 9.17) is 0 Å². The summed E-state index contributed by atoms with van der Waals surface area (Å²) in [5.41, 5.74) is -0.0249. The fourth-order valence-electron chi connectivity index (χ4n) is 1.06. The molecule has 0 aliphatic heterocycles. The van der Waals surface area contributed by atoms with E-state index in [1.165, 1.54) is 0 Å². The van der Waals surface area contributed by atoms with Crippen LogP contribution in [0.4, 0.5) is 0 Å². The summed E-state index contributed by atoms with van der Waals surface area (Å²) in [5.74, 6) is 0. The van der Waals surface area contributed by atoms with E-state index >= 15 is 0 Å². The molecule has 72 valence electrons. The van der Waals surface area contributed by atoms with E-state index in [0.29, 0.717) is 0 Å². The largest absolute Gasteiger partial charge is 0.329 e. The molecule has 1 heterocycles. The summed E-state index contributed by atoms with van der Waals surface area (Å²) in [6, 6.07) is 1.89. The molecule has 1 N–H and O–H groups in total. The normalized spacial score (nSPS) is 12.3. The van der Waals surface area contributed by atoms with Crippen LogP contribution in [0, 0.1) is 0 Å². The molecule has 0 amide bonds. The Hall–Kier alpha value is -1.31. The molecule has 0 unspecified atom stereocenters. The molecule has 2 nitrogen and oxygen atoms in total. The standard InChI is InChI=1S/C9H11NO.C2H6/c1-3-7-5-6-10-9(11)8(7)4-2;1-2/h3-6H,1-2H3,(H,10,11);1-2H3/b7-3-,8-4+;. The van der Waals surface area contributed by atoms with Crippen LogP contribution in [0.5, 0.6) is 0 Å². The van der Waals surface area contributed by atoms with Gasteiger partial charge in [0.2, 0.25) is 0 Å². The van der Waals surface area contributed by atoms with Crippen LogP contribution in [0.2, 0.25) is 0 Å². The zero-order chi connectivity index (χ0) is 10.3. The van der Waals surface area contributed by atoms with Gasteiger partial charge in [-0.25, -0.2) is 0 Å². The highest BCUT2D eigenvalue weighted by Crippen LogP contribution is 1.60. The Morgan fingerprint density at radius 2 is 1.85 bits per heavy atom. The van der Waals surface area contributed by atoms with Crippen LogP contribution in [0.3, 0.4) is 0 Å². The Morgan fingerprint density at radius 1 is 1.23 bits per heavy atom. The molecule has 0 saturated carbocycles. The van der Waals surface area contributed by atoms with Crippen LogP contribution in [0.25, 0.3) is 12.2 Å². The first kappa shape index (κ1) is 11.7. The molecular weight excluding hydrogens is 162 g/mol. The lowest BCUT2D eigenvalue weighted by atomic mass is 10.3. The first-order chi connectivity index (χ1) is 6.29. The third-order valence-corrected chi connectivity index (χ3v) is 1.63. The third-order valence-electron chi connectivity index (χ3n) is 1.63. The van der Waals surface area contributed by atoms with E-state index in [-0.39, 0.29) is 5.56 Å². The minimum absolute atomic E-state index is 0.0249. The lowest BCUT2D eigenvalue weighted by molar-refractivity contribution is 1.18. The van der Waals surface area contributed by atoms with E-state index in [2.05, 4.69) is 4.98 Å². The minimum atomic E-state index is -0.0249. The quantitative estimate of drug-likeness (QED) is 0.633. The average molecular weight is 179 g/mol. The molecular formula is C11H17NO. The second-order valence-electron chi connectivity index (χ2n) is 2.25. The van der Waals surface area contributed by atoms with Gasteiger partial charge in [-0.15, -0.1) is 0 Å². The first-order valence-corrected chi connectivity index (χ1v) is 4.60. The zero-order valence-corrected chi connectivity index (χ0v) is 8.72. The molecule has 0 aromatic carbocycles. The SMILES string of the molecule is C/C=c1/cc[nH]c(=O)/c1=C/C.CC. The Morgan fingerprint density at radius 3 is 2.23 bits per heavy atom. The van der Waals surface area contributed by atoms with Gasteiger partial charge in [0.15, 0.2) is 0 Å². The molecule has 0 atom stereocenters. The first-order valence-electron chi connectivity index (χ1n) is 4.60. The molecule has 0 fully saturated rings. The van der Waals surface area contributed by atoms with Crippen LogP contribution in [-0.2, 0) is 0 Å². The number of pyridine rings is 1. The number of aromatic amines is 1. The smallest absolute Gasteiger partial charge is 0.255 e. The molecule has 2 heteroatoms. The minimum Gasteiger partial charge on any atom is -0.329 e. The Labute approximate surface area is 78.6 Å². The highest BCUT2D eigenvalue weighted by atomic mass is 16.1. The Kier molecular flexibility index (Phi) is 5.60. The number of H-pyrrole nitrogens is 1. The van der Waals surface area contributed by atoms with Crippen molar-refractivity contribution in [2.45, 2.75) is 27.7 Å². The van der Waals surface area contributed by atoms with Gasteiger partial charge in [0.05, 0.1) is 0 Å². The number of nitrogens with one attached hydrogen (secondary N) is 1. The summed E-state index contributed by atoms with van der Waals surface area (Å²) in [6.07, 6.45) is 5.39. The number of hydrogen-bond donors (Lipinski definition) is 1. The lowest BCUT2D eigenvalue weighted by Gasteiger charge is -1.85. The average Bonchev–Trinajstić information content (AvgIpc) is 2.20. The summed E-state index contributed by atoms with van der Waals surface area (Å²) in [6.45, 7) is 7.78.